The number of nitrogens with one attached hydrogen (secondary N) is 2. The molecule has 0 spiro atoms. The standard InChI is InChI=1S/C22H24N4O3S/c1-2-14-24-30(28,29)17-18-8-11-20(12-9-18)25-22(27)13-10-19-15-23-26(16-19)21-6-4-3-5-7-21/h2-9,11-12,15-16,24H,1,10,13-14,17H2,(H,25,27). The van der Waals surface area contributed by atoms with Gasteiger partial charge in [0.25, 0.3) is 0 Å². The van der Waals surface area contributed by atoms with Gasteiger partial charge >= 0.3 is 0 Å². The topological polar surface area (TPSA) is 93.1 Å². The fourth-order valence-electron chi connectivity index (χ4n) is 2.83. The molecular weight excluding hydrogens is 400 g/mol. The third-order valence-electron chi connectivity index (χ3n) is 4.34. The van der Waals surface area contributed by atoms with E-state index in [1.165, 1.54) is 6.08 Å². The van der Waals surface area contributed by atoms with Crippen LogP contribution < -0.4 is 10.0 Å². The monoisotopic (exact) mass is 424 g/mol. The van der Waals surface area contributed by atoms with Crippen molar-refractivity contribution in [3.8, 4) is 5.69 Å². The van der Waals surface area contributed by atoms with E-state index < -0.39 is 10.0 Å². The Morgan fingerprint density at radius 1 is 1.07 bits per heavy atom. The van der Waals surface area contributed by atoms with E-state index in [1.54, 1.807) is 35.1 Å². The number of rotatable bonds is 10. The Balaban J connectivity index is 1.49. The molecular formula is C22H24N4O3S. The first kappa shape index (κ1) is 21.5. The van der Waals surface area contributed by atoms with E-state index in [1.807, 2.05) is 36.5 Å². The number of hydrogen-bond acceptors (Lipinski definition) is 4. The number of hydrogen-bond donors (Lipinski definition) is 2. The van der Waals surface area contributed by atoms with Gasteiger partial charge in [-0.1, -0.05) is 36.4 Å². The van der Waals surface area contributed by atoms with E-state index in [2.05, 4.69) is 21.7 Å². The van der Waals surface area contributed by atoms with Gasteiger partial charge in [0.05, 0.1) is 17.6 Å². The average Bonchev–Trinajstić information content (AvgIpc) is 3.22. The zero-order valence-electron chi connectivity index (χ0n) is 16.5. The van der Waals surface area contributed by atoms with Crippen LogP contribution in [0.3, 0.4) is 0 Å². The summed E-state index contributed by atoms with van der Waals surface area (Å²) in [4.78, 5) is 12.2. The fraction of sp³-hybridized carbons (Fsp3) is 0.182. The summed E-state index contributed by atoms with van der Waals surface area (Å²) in [6, 6.07) is 16.5. The molecule has 0 aliphatic rings. The Labute approximate surface area is 176 Å². The van der Waals surface area contributed by atoms with Crippen LogP contribution in [0.25, 0.3) is 5.69 Å². The highest BCUT2D eigenvalue weighted by Gasteiger charge is 2.11. The summed E-state index contributed by atoms with van der Waals surface area (Å²) in [5, 5.41) is 7.16. The van der Waals surface area contributed by atoms with Gasteiger partial charge in [-0.25, -0.2) is 17.8 Å². The van der Waals surface area contributed by atoms with Gasteiger partial charge in [0, 0.05) is 24.8 Å². The first-order chi connectivity index (χ1) is 14.4. The van der Waals surface area contributed by atoms with Crippen molar-refractivity contribution in [1.82, 2.24) is 14.5 Å². The summed E-state index contributed by atoms with van der Waals surface area (Å²) >= 11 is 0. The van der Waals surface area contributed by atoms with Crippen LogP contribution >= 0.6 is 0 Å². The van der Waals surface area contributed by atoms with Crippen LogP contribution in [0.4, 0.5) is 5.69 Å². The first-order valence-corrected chi connectivity index (χ1v) is 11.2. The van der Waals surface area contributed by atoms with Crippen molar-refractivity contribution in [2.75, 3.05) is 11.9 Å². The molecule has 0 aliphatic carbocycles. The average molecular weight is 425 g/mol. The summed E-state index contributed by atoms with van der Waals surface area (Å²) < 4.78 is 28.0. The zero-order valence-corrected chi connectivity index (χ0v) is 17.3. The van der Waals surface area contributed by atoms with E-state index in [4.69, 9.17) is 0 Å². The minimum atomic E-state index is -3.41. The number of carbonyl (C=O) groups excluding carboxylic acids is 1. The molecule has 2 N–H and O–H groups in total. The van der Waals surface area contributed by atoms with Crippen molar-refractivity contribution >= 4 is 21.6 Å². The molecule has 0 fully saturated rings. The predicted molar refractivity (Wildman–Crippen MR) is 118 cm³/mol. The third-order valence-corrected chi connectivity index (χ3v) is 5.66. The number of amides is 1. The van der Waals surface area contributed by atoms with Crippen LogP contribution in [0.2, 0.25) is 0 Å². The van der Waals surface area contributed by atoms with Gasteiger partial charge < -0.3 is 5.32 Å². The van der Waals surface area contributed by atoms with Crippen LogP contribution in [0, 0.1) is 0 Å². The Morgan fingerprint density at radius 2 is 1.80 bits per heavy atom. The summed E-state index contributed by atoms with van der Waals surface area (Å²) in [5.74, 6) is -0.240. The molecule has 156 valence electrons. The third kappa shape index (κ3) is 6.40. The minimum Gasteiger partial charge on any atom is -0.326 e. The molecule has 0 unspecified atom stereocenters. The van der Waals surface area contributed by atoms with E-state index in [9.17, 15) is 13.2 Å². The molecule has 0 saturated heterocycles. The quantitative estimate of drug-likeness (QED) is 0.489. The van der Waals surface area contributed by atoms with Gasteiger partial charge in [0.15, 0.2) is 0 Å². The Morgan fingerprint density at radius 3 is 2.50 bits per heavy atom. The van der Waals surface area contributed by atoms with Gasteiger partial charge in [-0.3, -0.25) is 4.79 Å². The Hall–Kier alpha value is -3.23. The Bertz CT molecular complexity index is 1090. The van der Waals surface area contributed by atoms with Gasteiger partial charge in [-0.2, -0.15) is 5.10 Å². The molecule has 0 radical (unpaired) electrons. The number of aromatic nitrogens is 2. The summed E-state index contributed by atoms with van der Waals surface area (Å²) in [5.41, 5.74) is 3.20. The zero-order chi connectivity index (χ0) is 21.4. The van der Waals surface area contributed by atoms with Crippen molar-refractivity contribution in [1.29, 1.82) is 0 Å². The van der Waals surface area contributed by atoms with E-state index in [0.717, 1.165) is 11.3 Å². The number of anilines is 1. The molecule has 7 nitrogen and oxygen atoms in total. The number of benzene rings is 2. The van der Waals surface area contributed by atoms with Crippen LogP contribution in [-0.4, -0.2) is 30.7 Å². The molecule has 0 atom stereocenters. The number of sulfonamides is 1. The number of nitrogens with zero attached hydrogens (tertiary/aromatic N) is 2. The summed E-state index contributed by atoms with van der Waals surface area (Å²) in [6.07, 6.45) is 6.06. The highest BCUT2D eigenvalue weighted by Crippen LogP contribution is 2.13. The van der Waals surface area contributed by atoms with Crippen molar-refractivity contribution in [2.45, 2.75) is 18.6 Å². The second-order valence-corrected chi connectivity index (χ2v) is 8.58. The fourth-order valence-corrected chi connectivity index (χ4v) is 3.94. The largest absolute Gasteiger partial charge is 0.326 e. The van der Waals surface area contributed by atoms with Crippen molar-refractivity contribution in [3.05, 3.63) is 90.8 Å². The van der Waals surface area contributed by atoms with Crippen molar-refractivity contribution in [2.24, 2.45) is 0 Å². The van der Waals surface area contributed by atoms with Gasteiger partial charge in [-0.05, 0) is 41.8 Å². The highest BCUT2D eigenvalue weighted by molar-refractivity contribution is 7.88. The lowest BCUT2D eigenvalue weighted by molar-refractivity contribution is -0.116. The molecule has 1 heterocycles. The highest BCUT2D eigenvalue weighted by atomic mass is 32.2. The molecule has 1 amide bonds. The lowest BCUT2D eigenvalue weighted by Crippen LogP contribution is -2.25. The van der Waals surface area contributed by atoms with Gasteiger partial charge in [0.1, 0.15) is 0 Å². The van der Waals surface area contributed by atoms with E-state index in [0.29, 0.717) is 24.1 Å². The van der Waals surface area contributed by atoms with Crippen molar-refractivity contribution < 1.29 is 13.2 Å². The molecule has 8 heteroatoms. The molecule has 2 aromatic carbocycles. The van der Waals surface area contributed by atoms with Gasteiger partial charge in [0.2, 0.25) is 15.9 Å². The molecule has 3 rings (SSSR count). The number of carbonyl (C=O) groups is 1. The molecule has 30 heavy (non-hydrogen) atoms. The maximum absolute atomic E-state index is 12.2. The van der Waals surface area contributed by atoms with Crippen LogP contribution in [0.1, 0.15) is 17.5 Å². The Kier molecular flexibility index (Phi) is 7.16. The van der Waals surface area contributed by atoms with Crippen molar-refractivity contribution in [3.63, 3.8) is 0 Å². The second kappa shape index (κ2) is 10.00. The second-order valence-electron chi connectivity index (χ2n) is 6.77. The molecule has 0 bridgehead atoms. The number of aryl methyl sites for hydroxylation is 1. The van der Waals surface area contributed by atoms with Gasteiger partial charge in [-0.15, -0.1) is 6.58 Å². The first-order valence-electron chi connectivity index (χ1n) is 9.51. The van der Waals surface area contributed by atoms with Crippen LogP contribution in [0.15, 0.2) is 79.6 Å². The molecule has 3 aromatic rings. The minimum absolute atomic E-state index is 0.115. The van der Waals surface area contributed by atoms with E-state index in [-0.39, 0.29) is 18.2 Å². The summed E-state index contributed by atoms with van der Waals surface area (Å²) in [7, 11) is -3.41. The molecule has 0 aliphatic heterocycles. The van der Waals surface area contributed by atoms with Crippen LogP contribution in [-0.2, 0) is 27.0 Å². The smallest absolute Gasteiger partial charge is 0.224 e. The molecule has 0 saturated carbocycles. The molecule has 1 aromatic heterocycles. The maximum Gasteiger partial charge on any atom is 0.224 e. The predicted octanol–water partition coefficient (Wildman–Crippen LogP) is 3.05. The lowest BCUT2D eigenvalue weighted by atomic mass is 10.2. The number of para-hydroxylation sites is 1. The summed E-state index contributed by atoms with van der Waals surface area (Å²) in [6.45, 7) is 3.68. The SMILES string of the molecule is C=CCNS(=O)(=O)Cc1ccc(NC(=O)CCc2cnn(-c3ccccc3)c2)cc1. The normalized spacial score (nSPS) is 11.2. The van der Waals surface area contributed by atoms with E-state index >= 15 is 0 Å². The van der Waals surface area contributed by atoms with Crippen LogP contribution in [0.5, 0.6) is 0 Å². The maximum atomic E-state index is 12.2. The lowest BCUT2D eigenvalue weighted by Gasteiger charge is -2.07.